The SMILES string of the molecule is C=C(CNC)COc1ccc(Br)cc1C. The minimum atomic E-state index is 0.559. The molecule has 1 aromatic rings. The highest BCUT2D eigenvalue weighted by atomic mass is 79.9. The summed E-state index contributed by atoms with van der Waals surface area (Å²) in [6.07, 6.45) is 0. The predicted molar refractivity (Wildman–Crippen MR) is 67.4 cm³/mol. The van der Waals surface area contributed by atoms with E-state index in [2.05, 4.69) is 27.8 Å². The second-order valence-corrected chi connectivity index (χ2v) is 4.39. The van der Waals surface area contributed by atoms with E-state index in [1.165, 1.54) is 0 Å². The monoisotopic (exact) mass is 269 g/mol. The van der Waals surface area contributed by atoms with Gasteiger partial charge in [0.2, 0.25) is 0 Å². The van der Waals surface area contributed by atoms with Crippen LogP contribution in [0, 0.1) is 6.92 Å². The van der Waals surface area contributed by atoms with Gasteiger partial charge in [0.1, 0.15) is 12.4 Å². The van der Waals surface area contributed by atoms with E-state index in [-0.39, 0.29) is 0 Å². The van der Waals surface area contributed by atoms with Crippen molar-refractivity contribution in [2.24, 2.45) is 0 Å². The van der Waals surface area contributed by atoms with Crippen molar-refractivity contribution in [3.8, 4) is 5.75 Å². The number of likely N-dealkylation sites (N-methyl/N-ethyl adjacent to an activating group) is 1. The van der Waals surface area contributed by atoms with Crippen molar-refractivity contribution in [1.29, 1.82) is 0 Å². The van der Waals surface area contributed by atoms with Gasteiger partial charge in [0.15, 0.2) is 0 Å². The van der Waals surface area contributed by atoms with E-state index in [0.29, 0.717) is 6.61 Å². The fourth-order valence-corrected chi connectivity index (χ4v) is 1.73. The van der Waals surface area contributed by atoms with E-state index in [0.717, 1.165) is 27.9 Å². The molecular weight excluding hydrogens is 254 g/mol. The van der Waals surface area contributed by atoms with E-state index in [1.807, 2.05) is 32.2 Å². The van der Waals surface area contributed by atoms with Crippen LogP contribution in [0.4, 0.5) is 0 Å². The number of rotatable bonds is 5. The molecule has 0 heterocycles. The summed E-state index contributed by atoms with van der Waals surface area (Å²) in [6.45, 7) is 7.28. The molecule has 15 heavy (non-hydrogen) atoms. The first-order chi connectivity index (χ1) is 7.13. The molecule has 2 nitrogen and oxygen atoms in total. The highest BCUT2D eigenvalue weighted by Gasteiger charge is 2.00. The van der Waals surface area contributed by atoms with Crippen molar-refractivity contribution in [3.63, 3.8) is 0 Å². The Morgan fingerprint density at radius 1 is 1.53 bits per heavy atom. The lowest BCUT2D eigenvalue weighted by Crippen LogP contribution is -2.14. The number of benzene rings is 1. The van der Waals surface area contributed by atoms with Crippen molar-refractivity contribution in [2.75, 3.05) is 20.2 Å². The third kappa shape index (κ3) is 4.06. The molecule has 0 saturated carbocycles. The first-order valence-corrected chi connectivity index (χ1v) is 5.63. The van der Waals surface area contributed by atoms with Crippen LogP contribution >= 0.6 is 15.9 Å². The summed E-state index contributed by atoms with van der Waals surface area (Å²) in [6, 6.07) is 5.98. The molecule has 0 atom stereocenters. The van der Waals surface area contributed by atoms with E-state index in [4.69, 9.17) is 4.74 Å². The molecule has 3 heteroatoms. The molecule has 0 aromatic heterocycles. The van der Waals surface area contributed by atoms with Gasteiger partial charge in [-0.3, -0.25) is 0 Å². The van der Waals surface area contributed by atoms with Crippen LogP contribution in [-0.4, -0.2) is 20.2 Å². The molecule has 1 aromatic carbocycles. The maximum atomic E-state index is 5.65. The molecule has 0 aliphatic heterocycles. The Hall–Kier alpha value is -0.800. The minimum absolute atomic E-state index is 0.559. The van der Waals surface area contributed by atoms with Crippen LogP contribution < -0.4 is 10.1 Å². The van der Waals surface area contributed by atoms with Crippen molar-refractivity contribution >= 4 is 15.9 Å². The van der Waals surface area contributed by atoms with Gasteiger partial charge in [-0.2, -0.15) is 0 Å². The molecular formula is C12H16BrNO. The summed E-state index contributed by atoms with van der Waals surface area (Å²) in [5, 5.41) is 3.04. The predicted octanol–water partition coefficient (Wildman–Crippen LogP) is 2.91. The number of nitrogens with one attached hydrogen (secondary N) is 1. The third-order valence-corrected chi connectivity index (χ3v) is 2.49. The van der Waals surface area contributed by atoms with Crippen LogP contribution in [0.15, 0.2) is 34.8 Å². The highest BCUT2D eigenvalue weighted by Crippen LogP contribution is 2.22. The zero-order chi connectivity index (χ0) is 11.3. The van der Waals surface area contributed by atoms with Gasteiger partial charge in [0.05, 0.1) is 0 Å². The molecule has 0 bridgehead atoms. The molecule has 0 unspecified atom stereocenters. The average Bonchev–Trinajstić information content (AvgIpc) is 2.17. The summed E-state index contributed by atoms with van der Waals surface area (Å²) in [7, 11) is 1.90. The Kier molecular flexibility index (Phi) is 4.85. The standard InChI is InChI=1S/C12H16BrNO/c1-9(7-14-3)8-15-12-5-4-11(13)6-10(12)2/h4-6,14H,1,7-8H2,2-3H3. The van der Waals surface area contributed by atoms with Gasteiger partial charge >= 0.3 is 0 Å². The molecule has 1 N–H and O–H groups in total. The van der Waals surface area contributed by atoms with E-state index in [1.54, 1.807) is 0 Å². The second kappa shape index (κ2) is 5.93. The minimum Gasteiger partial charge on any atom is -0.489 e. The van der Waals surface area contributed by atoms with E-state index in [9.17, 15) is 0 Å². The van der Waals surface area contributed by atoms with Gasteiger partial charge in [-0.05, 0) is 43.3 Å². The number of hydrogen-bond acceptors (Lipinski definition) is 2. The van der Waals surface area contributed by atoms with Gasteiger partial charge in [-0.15, -0.1) is 0 Å². The van der Waals surface area contributed by atoms with Crippen molar-refractivity contribution < 1.29 is 4.74 Å². The number of halogens is 1. The topological polar surface area (TPSA) is 21.3 Å². The highest BCUT2D eigenvalue weighted by molar-refractivity contribution is 9.10. The van der Waals surface area contributed by atoms with Crippen LogP contribution in [0.2, 0.25) is 0 Å². The fraction of sp³-hybridized carbons (Fsp3) is 0.333. The van der Waals surface area contributed by atoms with Crippen LogP contribution in [0.1, 0.15) is 5.56 Å². The molecule has 82 valence electrons. The zero-order valence-electron chi connectivity index (χ0n) is 9.14. The lowest BCUT2D eigenvalue weighted by molar-refractivity contribution is 0.346. The lowest BCUT2D eigenvalue weighted by atomic mass is 10.2. The van der Waals surface area contributed by atoms with Crippen LogP contribution in [0.25, 0.3) is 0 Å². The number of ether oxygens (including phenoxy) is 1. The van der Waals surface area contributed by atoms with E-state index < -0.39 is 0 Å². The average molecular weight is 270 g/mol. The van der Waals surface area contributed by atoms with Crippen LogP contribution in [0.5, 0.6) is 5.75 Å². The maximum Gasteiger partial charge on any atom is 0.122 e. The third-order valence-electron chi connectivity index (χ3n) is 2.00. The first kappa shape index (κ1) is 12.3. The van der Waals surface area contributed by atoms with Gasteiger partial charge in [-0.25, -0.2) is 0 Å². The Labute approximate surface area is 99.5 Å². The number of aryl methyl sites for hydroxylation is 1. The van der Waals surface area contributed by atoms with Gasteiger partial charge in [0, 0.05) is 11.0 Å². The molecule has 0 aliphatic rings. The Balaban J connectivity index is 2.54. The van der Waals surface area contributed by atoms with Gasteiger partial charge in [-0.1, -0.05) is 22.5 Å². The molecule has 0 spiro atoms. The Morgan fingerprint density at radius 3 is 2.87 bits per heavy atom. The van der Waals surface area contributed by atoms with Crippen molar-refractivity contribution in [3.05, 3.63) is 40.4 Å². The van der Waals surface area contributed by atoms with Crippen molar-refractivity contribution in [1.82, 2.24) is 5.32 Å². The summed E-state index contributed by atoms with van der Waals surface area (Å²) in [5.41, 5.74) is 2.17. The largest absolute Gasteiger partial charge is 0.489 e. The van der Waals surface area contributed by atoms with Gasteiger partial charge in [0.25, 0.3) is 0 Å². The summed E-state index contributed by atoms with van der Waals surface area (Å²) in [5.74, 6) is 0.912. The lowest BCUT2D eigenvalue weighted by Gasteiger charge is -2.10. The zero-order valence-corrected chi connectivity index (χ0v) is 10.7. The van der Waals surface area contributed by atoms with Crippen LogP contribution in [0.3, 0.4) is 0 Å². The molecule has 0 fully saturated rings. The van der Waals surface area contributed by atoms with Crippen LogP contribution in [-0.2, 0) is 0 Å². The molecule has 0 amide bonds. The summed E-state index contributed by atoms with van der Waals surface area (Å²) in [4.78, 5) is 0. The van der Waals surface area contributed by atoms with Crippen molar-refractivity contribution in [2.45, 2.75) is 6.92 Å². The summed E-state index contributed by atoms with van der Waals surface area (Å²) >= 11 is 3.42. The normalized spacial score (nSPS) is 10.1. The number of hydrogen-bond donors (Lipinski definition) is 1. The second-order valence-electron chi connectivity index (χ2n) is 3.48. The summed E-state index contributed by atoms with van der Waals surface area (Å²) < 4.78 is 6.72. The molecule has 0 saturated heterocycles. The first-order valence-electron chi connectivity index (χ1n) is 4.83. The maximum absolute atomic E-state index is 5.65. The fourth-order valence-electron chi connectivity index (χ4n) is 1.26. The van der Waals surface area contributed by atoms with E-state index >= 15 is 0 Å². The molecule has 0 aliphatic carbocycles. The smallest absolute Gasteiger partial charge is 0.122 e. The van der Waals surface area contributed by atoms with Gasteiger partial charge < -0.3 is 10.1 Å². The Morgan fingerprint density at radius 2 is 2.27 bits per heavy atom. The Bertz CT molecular complexity index is 349. The molecule has 0 radical (unpaired) electrons. The quantitative estimate of drug-likeness (QED) is 0.831. The molecule has 1 rings (SSSR count).